The summed E-state index contributed by atoms with van der Waals surface area (Å²) in [5, 5.41) is 0. The van der Waals surface area contributed by atoms with Crippen molar-refractivity contribution < 1.29 is 0 Å². The van der Waals surface area contributed by atoms with E-state index in [4.69, 9.17) is 0 Å². The molecule has 0 aliphatic rings. The van der Waals surface area contributed by atoms with Gasteiger partial charge in [0.05, 0.1) is 0 Å². The maximum Gasteiger partial charge on any atom is 0.0479 e. The minimum absolute atomic E-state index is 0.297. The molecule has 0 spiro atoms. The maximum absolute atomic E-state index is 2.46. The molecule has 1 atom stereocenters. The third-order valence-corrected chi connectivity index (χ3v) is 7.22. The highest BCUT2D eigenvalue weighted by molar-refractivity contribution is 6.77. The second-order valence-electron chi connectivity index (χ2n) is 6.18. The van der Waals surface area contributed by atoms with E-state index in [1.807, 2.05) is 0 Å². The zero-order valence-corrected chi connectivity index (χ0v) is 12.0. The summed E-state index contributed by atoms with van der Waals surface area (Å²) < 4.78 is 0. The van der Waals surface area contributed by atoms with Gasteiger partial charge in [-0.3, -0.25) is 0 Å². The van der Waals surface area contributed by atoms with Gasteiger partial charge in [-0.15, -0.1) is 0 Å². The summed E-state index contributed by atoms with van der Waals surface area (Å²) in [7, 11) is -1.08. The van der Waals surface area contributed by atoms with Crippen molar-refractivity contribution in [2.24, 2.45) is 0 Å². The molecule has 0 aliphatic heterocycles. The van der Waals surface area contributed by atoms with Gasteiger partial charge in [0.25, 0.3) is 0 Å². The molecule has 0 saturated carbocycles. The quantitative estimate of drug-likeness (QED) is 0.648. The van der Waals surface area contributed by atoms with E-state index in [1.165, 1.54) is 5.56 Å². The Balaban J connectivity index is 3.03. The molecule has 0 radical (unpaired) electrons. The van der Waals surface area contributed by atoms with Gasteiger partial charge in [0.1, 0.15) is 0 Å². The fourth-order valence-electron chi connectivity index (χ4n) is 2.20. The zero-order chi connectivity index (χ0) is 11.7. The molecule has 1 heteroatoms. The molecule has 0 aromatic heterocycles. The van der Waals surface area contributed by atoms with Crippen molar-refractivity contribution in [3.05, 3.63) is 35.9 Å². The van der Waals surface area contributed by atoms with E-state index >= 15 is 0 Å². The predicted octanol–water partition coefficient (Wildman–Crippen LogP) is 4.69. The van der Waals surface area contributed by atoms with Crippen LogP contribution in [0.15, 0.2) is 30.3 Å². The average molecular weight is 220 g/mol. The van der Waals surface area contributed by atoms with Crippen LogP contribution in [0, 0.1) is 0 Å². The first kappa shape index (κ1) is 12.5. The summed E-state index contributed by atoms with van der Waals surface area (Å²) in [5.74, 6) is 0. The minimum atomic E-state index is -1.08. The normalized spacial score (nSPS) is 15.1. The van der Waals surface area contributed by atoms with Crippen LogP contribution in [0.25, 0.3) is 0 Å². The first-order chi connectivity index (χ1) is 6.76. The van der Waals surface area contributed by atoms with Gasteiger partial charge in [-0.2, -0.15) is 0 Å². The lowest BCUT2D eigenvalue weighted by Crippen LogP contribution is -2.38. The summed E-state index contributed by atoms with van der Waals surface area (Å²) in [6, 6.07) is 10.9. The van der Waals surface area contributed by atoms with Crippen LogP contribution in [-0.2, 0) is 5.41 Å². The van der Waals surface area contributed by atoms with Gasteiger partial charge >= 0.3 is 0 Å². The number of rotatable bonds is 3. The molecule has 1 aromatic rings. The molecule has 0 saturated heterocycles. The van der Waals surface area contributed by atoms with Gasteiger partial charge in [-0.05, 0) is 16.5 Å². The Hall–Kier alpha value is -0.563. The van der Waals surface area contributed by atoms with Crippen LogP contribution in [0.5, 0.6) is 0 Å². The van der Waals surface area contributed by atoms with E-state index in [2.05, 4.69) is 70.7 Å². The third-order valence-electron chi connectivity index (χ3n) is 3.90. The minimum Gasteiger partial charge on any atom is -0.0693 e. The smallest absolute Gasteiger partial charge is 0.0479 e. The molecule has 0 aliphatic carbocycles. The Morgan fingerprint density at radius 3 is 1.87 bits per heavy atom. The molecule has 1 unspecified atom stereocenters. The van der Waals surface area contributed by atoms with Crippen molar-refractivity contribution >= 4 is 8.07 Å². The molecule has 0 heterocycles. The highest BCUT2D eigenvalue weighted by atomic mass is 28.3. The van der Waals surface area contributed by atoms with E-state index < -0.39 is 8.07 Å². The molecular weight excluding hydrogens is 196 g/mol. The summed E-state index contributed by atoms with van der Waals surface area (Å²) in [6.45, 7) is 14.6. The number of benzene rings is 1. The topological polar surface area (TPSA) is 0 Å². The van der Waals surface area contributed by atoms with Crippen molar-refractivity contribution in [2.45, 2.75) is 51.4 Å². The molecule has 84 valence electrons. The van der Waals surface area contributed by atoms with Crippen LogP contribution in [0.1, 0.15) is 26.3 Å². The highest BCUT2D eigenvalue weighted by Crippen LogP contribution is 2.41. The molecule has 0 amide bonds. The number of hydrogen-bond donors (Lipinski definition) is 0. The van der Waals surface area contributed by atoms with Crippen molar-refractivity contribution in [3.63, 3.8) is 0 Å². The summed E-state index contributed by atoms with van der Waals surface area (Å²) in [5.41, 5.74) is 2.55. The van der Waals surface area contributed by atoms with Crippen LogP contribution < -0.4 is 0 Å². The Morgan fingerprint density at radius 2 is 1.47 bits per heavy atom. The second-order valence-corrected chi connectivity index (χ2v) is 11.8. The zero-order valence-electron chi connectivity index (χ0n) is 11.0. The van der Waals surface area contributed by atoms with Crippen LogP contribution in [0.4, 0.5) is 0 Å². The fraction of sp³-hybridized carbons (Fsp3) is 0.571. The van der Waals surface area contributed by atoms with Gasteiger partial charge < -0.3 is 0 Å². The molecule has 1 aromatic carbocycles. The van der Waals surface area contributed by atoms with Gasteiger partial charge in [-0.25, -0.2) is 0 Å². The Labute approximate surface area is 95.7 Å². The highest BCUT2D eigenvalue weighted by Gasteiger charge is 2.36. The van der Waals surface area contributed by atoms with E-state index in [0.29, 0.717) is 5.41 Å². The van der Waals surface area contributed by atoms with Crippen LogP contribution in [0.2, 0.25) is 25.2 Å². The number of hydrogen-bond acceptors (Lipinski definition) is 0. The van der Waals surface area contributed by atoms with Gasteiger partial charge in [0.15, 0.2) is 0 Å². The van der Waals surface area contributed by atoms with Crippen LogP contribution in [-0.4, -0.2) is 8.07 Å². The van der Waals surface area contributed by atoms with Crippen molar-refractivity contribution in [2.75, 3.05) is 0 Å². The monoisotopic (exact) mass is 220 g/mol. The molecule has 0 bridgehead atoms. The largest absolute Gasteiger partial charge is 0.0693 e. The molecular formula is C14H24Si. The standard InChI is InChI=1S/C14H24Si/c1-12(15(4,5)6)14(2,3)13-10-8-7-9-11-13/h7-12H,1-6H3. The van der Waals surface area contributed by atoms with Crippen molar-refractivity contribution in [1.29, 1.82) is 0 Å². The molecule has 15 heavy (non-hydrogen) atoms. The first-order valence-electron chi connectivity index (χ1n) is 5.82. The lowest BCUT2D eigenvalue weighted by atomic mass is 9.82. The SMILES string of the molecule is CC(C(C)(C)c1ccccc1)[Si](C)(C)C. The lowest BCUT2D eigenvalue weighted by Gasteiger charge is -2.40. The molecule has 1 rings (SSSR count). The van der Waals surface area contributed by atoms with E-state index in [9.17, 15) is 0 Å². The summed E-state index contributed by atoms with van der Waals surface area (Å²) in [4.78, 5) is 0. The fourth-order valence-corrected chi connectivity index (χ4v) is 4.53. The lowest BCUT2D eigenvalue weighted by molar-refractivity contribution is 0.493. The Bertz CT molecular complexity index is 306. The summed E-state index contributed by atoms with van der Waals surface area (Å²) >= 11 is 0. The van der Waals surface area contributed by atoms with E-state index in [-0.39, 0.29) is 0 Å². The Kier molecular flexibility index (Phi) is 3.44. The molecule has 0 N–H and O–H groups in total. The van der Waals surface area contributed by atoms with Gasteiger partial charge in [0.2, 0.25) is 0 Å². The van der Waals surface area contributed by atoms with Gasteiger partial charge in [0, 0.05) is 8.07 Å². The second kappa shape index (κ2) is 4.13. The van der Waals surface area contributed by atoms with E-state index in [1.54, 1.807) is 0 Å². The average Bonchev–Trinajstić information content (AvgIpc) is 2.16. The van der Waals surface area contributed by atoms with Crippen molar-refractivity contribution in [3.8, 4) is 0 Å². The predicted molar refractivity (Wildman–Crippen MR) is 72.2 cm³/mol. The molecule has 0 fully saturated rings. The maximum atomic E-state index is 2.46. The van der Waals surface area contributed by atoms with Gasteiger partial charge in [-0.1, -0.05) is 70.7 Å². The summed E-state index contributed by atoms with van der Waals surface area (Å²) in [6.07, 6.45) is 0. The molecule has 0 nitrogen and oxygen atoms in total. The third kappa shape index (κ3) is 2.72. The van der Waals surface area contributed by atoms with Crippen LogP contribution in [0.3, 0.4) is 0 Å². The van der Waals surface area contributed by atoms with Crippen LogP contribution >= 0.6 is 0 Å². The first-order valence-corrected chi connectivity index (χ1v) is 9.39. The Morgan fingerprint density at radius 1 is 1.00 bits per heavy atom. The van der Waals surface area contributed by atoms with E-state index in [0.717, 1.165) is 5.54 Å². The van der Waals surface area contributed by atoms with Crippen molar-refractivity contribution in [1.82, 2.24) is 0 Å².